The van der Waals surface area contributed by atoms with E-state index in [1.807, 2.05) is 37.3 Å². The van der Waals surface area contributed by atoms with E-state index < -0.39 is 5.97 Å². The number of nitrogens with zero attached hydrogens (tertiary/aromatic N) is 1. The van der Waals surface area contributed by atoms with Gasteiger partial charge in [-0.15, -0.1) is 0 Å². The summed E-state index contributed by atoms with van der Waals surface area (Å²) in [5, 5.41) is 11.5. The Morgan fingerprint density at radius 1 is 1.00 bits per heavy atom. The molecule has 0 radical (unpaired) electrons. The molecule has 4 aromatic rings. The molecule has 7 heteroatoms. The van der Waals surface area contributed by atoms with Crippen LogP contribution in [0.5, 0.6) is 5.75 Å². The summed E-state index contributed by atoms with van der Waals surface area (Å²) < 4.78 is 6.04. The van der Waals surface area contributed by atoms with Gasteiger partial charge in [-0.3, -0.25) is 9.78 Å². The number of carbonyl (C=O) groups excluding carboxylic acids is 2. The molecule has 0 aliphatic rings. The first-order chi connectivity index (χ1) is 16.0. The van der Waals surface area contributed by atoms with Gasteiger partial charge in [0.1, 0.15) is 12.4 Å². The molecule has 0 spiro atoms. The minimum Gasteiger partial charge on any atom is -0.545 e. The Balaban J connectivity index is 0.00000324. The van der Waals surface area contributed by atoms with E-state index in [1.54, 1.807) is 6.07 Å². The van der Waals surface area contributed by atoms with Crippen LogP contribution in [-0.4, -0.2) is 17.2 Å². The molecule has 0 saturated carbocycles. The molecule has 164 valence electrons. The number of rotatable bonds is 7. The predicted molar refractivity (Wildman–Crippen MR) is 125 cm³/mol. The van der Waals surface area contributed by atoms with Crippen molar-refractivity contribution in [3.05, 3.63) is 106 Å². The molecule has 0 unspecified atom stereocenters. The zero-order chi connectivity index (χ0) is 23.4. The van der Waals surface area contributed by atoms with Crippen LogP contribution in [0.1, 0.15) is 31.8 Å². The molecule has 0 aliphatic carbocycles. The van der Waals surface area contributed by atoms with Gasteiger partial charge in [0.05, 0.1) is 11.0 Å². The molecular weight excluding hydrogens is 445 g/mol. The largest absolute Gasteiger partial charge is 1.00 e. The fourth-order valence-corrected chi connectivity index (χ4v) is 3.88. The van der Waals surface area contributed by atoms with Gasteiger partial charge >= 0.3 is 18.9 Å². The fourth-order valence-electron chi connectivity index (χ4n) is 3.65. The molecule has 0 fully saturated rings. The van der Waals surface area contributed by atoms with Crippen molar-refractivity contribution in [2.75, 3.05) is 0 Å². The molecule has 0 atom stereocenters. The van der Waals surface area contributed by atoms with E-state index in [-0.39, 0.29) is 36.1 Å². The average molecular weight is 464 g/mol. The molecule has 1 aromatic heterocycles. The zero-order valence-corrected chi connectivity index (χ0v) is 19.5. The van der Waals surface area contributed by atoms with Gasteiger partial charge in [-0.05, 0) is 52.9 Å². The molecule has 0 N–H and O–H groups in total. The summed E-state index contributed by atoms with van der Waals surface area (Å²) in [6.45, 7) is 2.31. The maximum atomic E-state index is 11.6. The Bertz CT molecular complexity index is 1340. The molecule has 4 rings (SSSR count). The van der Waals surface area contributed by atoms with Gasteiger partial charge in [0.25, 0.3) is 0 Å². The quantitative estimate of drug-likeness (QED) is 0.310. The minimum absolute atomic E-state index is 0. The van der Waals surface area contributed by atoms with Crippen LogP contribution in [-0.2, 0) is 6.61 Å². The van der Waals surface area contributed by atoms with Crippen molar-refractivity contribution < 1.29 is 38.3 Å². The maximum absolute atomic E-state index is 11.6. The molecule has 5 nitrogen and oxygen atoms in total. The standard InChI is InChI=1S/C27H20ClNO4.Li/c1-17-19(8-5-9-23(17)18-6-3-2-4-7-18)16-33-26-12-24(22(15-30)11-25(26)28)20-10-21(27(31)32)14-29-13-20;/h2-15H,16H2,1H3,(H,31,32);/q;+1/p-1. The number of carbonyl (C=O) groups is 2. The van der Waals surface area contributed by atoms with Gasteiger partial charge in [-0.1, -0.05) is 60.1 Å². The van der Waals surface area contributed by atoms with Crippen LogP contribution in [0, 0.1) is 6.92 Å². The zero-order valence-electron chi connectivity index (χ0n) is 18.7. The third kappa shape index (κ3) is 5.40. The Morgan fingerprint density at radius 3 is 2.47 bits per heavy atom. The number of hydrogen-bond donors (Lipinski definition) is 0. The molecule has 0 saturated heterocycles. The van der Waals surface area contributed by atoms with E-state index in [0.717, 1.165) is 22.3 Å². The van der Waals surface area contributed by atoms with Crippen LogP contribution in [0.4, 0.5) is 0 Å². The van der Waals surface area contributed by atoms with E-state index in [4.69, 9.17) is 16.3 Å². The second kappa shape index (κ2) is 11.2. The van der Waals surface area contributed by atoms with Crippen molar-refractivity contribution in [2.45, 2.75) is 13.5 Å². The van der Waals surface area contributed by atoms with Gasteiger partial charge in [0, 0.05) is 29.1 Å². The van der Waals surface area contributed by atoms with Gasteiger partial charge in [0.15, 0.2) is 6.29 Å². The molecule has 0 aliphatic heterocycles. The van der Waals surface area contributed by atoms with Gasteiger partial charge in [-0.2, -0.15) is 0 Å². The molecule has 0 amide bonds. The number of aromatic nitrogens is 1. The average Bonchev–Trinajstić information content (AvgIpc) is 2.84. The number of benzene rings is 3. The van der Waals surface area contributed by atoms with Crippen LogP contribution in [0.3, 0.4) is 0 Å². The van der Waals surface area contributed by atoms with Crippen molar-refractivity contribution in [2.24, 2.45) is 0 Å². The first-order valence-corrected chi connectivity index (χ1v) is 10.6. The summed E-state index contributed by atoms with van der Waals surface area (Å²) in [4.78, 5) is 26.8. The molecule has 3 aromatic carbocycles. The van der Waals surface area contributed by atoms with Crippen molar-refractivity contribution in [1.29, 1.82) is 0 Å². The van der Waals surface area contributed by atoms with Crippen LogP contribution >= 0.6 is 11.6 Å². The molecule has 0 bridgehead atoms. The monoisotopic (exact) mass is 463 g/mol. The first-order valence-electron chi connectivity index (χ1n) is 10.2. The van der Waals surface area contributed by atoms with Gasteiger partial charge in [0.2, 0.25) is 0 Å². The summed E-state index contributed by atoms with van der Waals surface area (Å²) in [6.07, 6.45) is 3.32. The van der Waals surface area contributed by atoms with Crippen molar-refractivity contribution >= 4 is 23.9 Å². The van der Waals surface area contributed by atoms with E-state index in [0.29, 0.717) is 28.7 Å². The number of ether oxygens (including phenoxy) is 1. The van der Waals surface area contributed by atoms with Crippen LogP contribution in [0.15, 0.2) is 79.1 Å². The Hall–Kier alpha value is -3.36. The smallest absolute Gasteiger partial charge is 0.545 e. The summed E-state index contributed by atoms with van der Waals surface area (Å²) in [7, 11) is 0. The summed E-state index contributed by atoms with van der Waals surface area (Å²) in [5.74, 6) is -0.975. The number of carboxylic acid groups (broad SMARTS) is 1. The van der Waals surface area contributed by atoms with Crippen LogP contribution in [0.2, 0.25) is 5.02 Å². The summed E-state index contributed by atoms with van der Waals surface area (Å²) in [6, 6.07) is 20.6. The summed E-state index contributed by atoms with van der Waals surface area (Å²) >= 11 is 6.38. The number of aldehydes is 1. The maximum Gasteiger partial charge on any atom is 1.00 e. The SMILES string of the molecule is Cc1c(COc2cc(-c3cncc(C(=O)[O-])c3)c(C=O)cc2Cl)cccc1-c1ccccc1.[Li+]. The van der Waals surface area contributed by atoms with Crippen LogP contribution < -0.4 is 28.7 Å². The number of aromatic carboxylic acids is 1. The Morgan fingerprint density at radius 2 is 1.76 bits per heavy atom. The number of halogens is 1. The second-order valence-corrected chi connectivity index (χ2v) is 7.89. The minimum atomic E-state index is -1.35. The number of pyridine rings is 1. The Labute approximate surface area is 214 Å². The van der Waals surface area contributed by atoms with E-state index in [1.165, 1.54) is 24.5 Å². The van der Waals surface area contributed by atoms with Gasteiger partial charge in [-0.25, -0.2) is 0 Å². The summed E-state index contributed by atoms with van der Waals surface area (Å²) in [5.41, 5.74) is 5.45. The normalized spacial score (nSPS) is 10.3. The topological polar surface area (TPSA) is 79.3 Å². The third-order valence-electron chi connectivity index (χ3n) is 5.43. The second-order valence-electron chi connectivity index (χ2n) is 7.48. The van der Waals surface area contributed by atoms with Crippen molar-refractivity contribution in [1.82, 2.24) is 4.98 Å². The molecule has 34 heavy (non-hydrogen) atoms. The number of carboxylic acids is 1. The van der Waals surface area contributed by atoms with Crippen molar-refractivity contribution in [3.63, 3.8) is 0 Å². The van der Waals surface area contributed by atoms with Gasteiger partial charge < -0.3 is 14.6 Å². The fraction of sp³-hybridized carbons (Fsp3) is 0.0741. The Kier molecular flexibility index (Phi) is 8.30. The first kappa shape index (κ1) is 25.3. The predicted octanol–water partition coefficient (Wildman–Crippen LogP) is 2.14. The molecule has 1 heterocycles. The van der Waals surface area contributed by atoms with E-state index >= 15 is 0 Å². The van der Waals surface area contributed by atoms with Crippen molar-refractivity contribution in [3.8, 4) is 28.0 Å². The third-order valence-corrected chi connectivity index (χ3v) is 5.73. The molecular formula is C27H19ClLiNO4. The van der Waals surface area contributed by atoms with Crippen LogP contribution in [0.25, 0.3) is 22.3 Å². The van der Waals surface area contributed by atoms with E-state index in [2.05, 4.69) is 23.2 Å². The number of hydrogen-bond acceptors (Lipinski definition) is 5. The van der Waals surface area contributed by atoms with E-state index in [9.17, 15) is 14.7 Å².